The highest BCUT2D eigenvalue weighted by atomic mass is 19.1. The molecule has 0 spiro atoms. The maximum atomic E-state index is 12.9. The van der Waals surface area contributed by atoms with Crippen LogP contribution in [-0.4, -0.2) is 0 Å². The Balaban J connectivity index is 3.24. The van der Waals surface area contributed by atoms with Crippen molar-refractivity contribution in [2.45, 2.75) is 13.5 Å². The molecule has 0 aliphatic rings. The minimum atomic E-state index is -0.440. The quantitative estimate of drug-likeness (QED) is 0.660. The number of benzene rings is 1. The first-order chi connectivity index (χ1) is 5.15. The van der Waals surface area contributed by atoms with Crippen LogP contribution in [-0.2, 0) is 6.54 Å². The molecule has 0 unspecified atom stereocenters. The SMILES string of the molecule is Cc1cc(F)cc(CN)c1F. The minimum absolute atomic E-state index is 0.0322. The van der Waals surface area contributed by atoms with Gasteiger partial charge in [0.25, 0.3) is 0 Å². The van der Waals surface area contributed by atoms with Gasteiger partial charge in [0.15, 0.2) is 0 Å². The van der Waals surface area contributed by atoms with Crippen molar-refractivity contribution in [1.29, 1.82) is 0 Å². The van der Waals surface area contributed by atoms with Gasteiger partial charge in [0.2, 0.25) is 0 Å². The molecule has 1 aromatic rings. The maximum Gasteiger partial charge on any atom is 0.130 e. The van der Waals surface area contributed by atoms with E-state index >= 15 is 0 Å². The molecule has 0 fully saturated rings. The molecule has 0 heterocycles. The summed E-state index contributed by atoms with van der Waals surface area (Å²) < 4.78 is 25.5. The number of aryl methyl sites for hydroxylation is 1. The van der Waals surface area contributed by atoms with E-state index in [9.17, 15) is 8.78 Å². The van der Waals surface area contributed by atoms with Crippen molar-refractivity contribution in [3.05, 3.63) is 34.9 Å². The lowest BCUT2D eigenvalue weighted by Crippen LogP contribution is -2.02. The molecule has 0 aliphatic carbocycles. The molecule has 1 nitrogen and oxygen atoms in total. The van der Waals surface area contributed by atoms with Crippen LogP contribution in [0.5, 0.6) is 0 Å². The highest BCUT2D eigenvalue weighted by Crippen LogP contribution is 2.13. The topological polar surface area (TPSA) is 26.0 Å². The predicted octanol–water partition coefficient (Wildman–Crippen LogP) is 1.73. The van der Waals surface area contributed by atoms with Crippen molar-refractivity contribution in [3.8, 4) is 0 Å². The normalized spacial score (nSPS) is 10.2. The first kappa shape index (κ1) is 8.14. The molecular formula is C8H9F2N. The number of rotatable bonds is 1. The zero-order chi connectivity index (χ0) is 8.43. The Labute approximate surface area is 63.8 Å². The molecule has 0 radical (unpaired) electrons. The summed E-state index contributed by atoms with van der Waals surface area (Å²) in [6, 6.07) is 2.26. The number of hydrogen-bond acceptors (Lipinski definition) is 1. The third-order valence-electron chi connectivity index (χ3n) is 1.51. The monoisotopic (exact) mass is 157 g/mol. The average molecular weight is 157 g/mol. The van der Waals surface area contributed by atoms with Gasteiger partial charge in [0.05, 0.1) is 0 Å². The third-order valence-corrected chi connectivity index (χ3v) is 1.51. The van der Waals surface area contributed by atoms with Gasteiger partial charge in [-0.3, -0.25) is 0 Å². The molecule has 1 rings (SSSR count). The van der Waals surface area contributed by atoms with Gasteiger partial charge in [-0.2, -0.15) is 0 Å². The molecule has 1 aromatic carbocycles. The van der Waals surface area contributed by atoms with Crippen molar-refractivity contribution >= 4 is 0 Å². The summed E-state index contributed by atoms with van der Waals surface area (Å²) in [6.07, 6.45) is 0. The first-order valence-corrected chi connectivity index (χ1v) is 3.29. The van der Waals surface area contributed by atoms with Crippen molar-refractivity contribution < 1.29 is 8.78 Å². The molecular weight excluding hydrogens is 148 g/mol. The van der Waals surface area contributed by atoms with Crippen LogP contribution >= 0.6 is 0 Å². The second-order valence-electron chi connectivity index (χ2n) is 2.40. The van der Waals surface area contributed by atoms with Crippen LogP contribution in [0.3, 0.4) is 0 Å². The molecule has 0 aromatic heterocycles. The second-order valence-corrected chi connectivity index (χ2v) is 2.40. The molecule has 0 saturated heterocycles. The van der Waals surface area contributed by atoms with E-state index in [2.05, 4.69) is 0 Å². The Bertz CT molecular complexity index is 271. The Morgan fingerprint density at radius 1 is 1.36 bits per heavy atom. The van der Waals surface area contributed by atoms with Crippen molar-refractivity contribution in [2.75, 3.05) is 0 Å². The standard InChI is InChI=1S/C8H9F2N/c1-5-2-7(9)3-6(4-11)8(5)10/h2-3H,4,11H2,1H3. The van der Waals surface area contributed by atoms with Crippen LogP contribution in [0.2, 0.25) is 0 Å². The van der Waals surface area contributed by atoms with Crippen LogP contribution in [0.15, 0.2) is 12.1 Å². The highest BCUT2D eigenvalue weighted by molar-refractivity contribution is 5.25. The lowest BCUT2D eigenvalue weighted by molar-refractivity contribution is 0.577. The Morgan fingerprint density at radius 2 is 2.00 bits per heavy atom. The Hall–Kier alpha value is -0.960. The molecule has 0 atom stereocenters. The van der Waals surface area contributed by atoms with Gasteiger partial charge >= 0.3 is 0 Å². The summed E-state index contributed by atoms with van der Waals surface area (Å²) in [4.78, 5) is 0. The van der Waals surface area contributed by atoms with Crippen molar-refractivity contribution in [1.82, 2.24) is 0 Å². The molecule has 0 amide bonds. The van der Waals surface area contributed by atoms with Crippen LogP contribution in [0.1, 0.15) is 11.1 Å². The maximum absolute atomic E-state index is 12.9. The number of hydrogen-bond donors (Lipinski definition) is 1. The summed E-state index contributed by atoms with van der Waals surface area (Å²) in [5.41, 5.74) is 5.70. The fourth-order valence-electron chi connectivity index (χ4n) is 0.943. The third kappa shape index (κ3) is 1.54. The molecule has 60 valence electrons. The van der Waals surface area contributed by atoms with E-state index < -0.39 is 11.6 Å². The van der Waals surface area contributed by atoms with Gasteiger partial charge in [0.1, 0.15) is 11.6 Å². The van der Waals surface area contributed by atoms with Gasteiger partial charge in [-0.25, -0.2) is 8.78 Å². The fraction of sp³-hybridized carbons (Fsp3) is 0.250. The highest BCUT2D eigenvalue weighted by Gasteiger charge is 2.05. The van der Waals surface area contributed by atoms with E-state index in [1.54, 1.807) is 0 Å². The predicted molar refractivity (Wildman–Crippen MR) is 39.0 cm³/mol. The summed E-state index contributed by atoms with van der Waals surface area (Å²) >= 11 is 0. The lowest BCUT2D eigenvalue weighted by atomic mass is 10.1. The fourth-order valence-corrected chi connectivity index (χ4v) is 0.943. The summed E-state index contributed by atoms with van der Waals surface area (Å²) in [5, 5.41) is 0. The van der Waals surface area contributed by atoms with Crippen molar-refractivity contribution in [2.24, 2.45) is 5.73 Å². The van der Waals surface area contributed by atoms with Gasteiger partial charge in [0, 0.05) is 12.1 Å². The van der Waals surface area contributed by atoms with Gasteiger partial charge in [-0.1, -0.05) is 0 Å². The number of nitrogens with two attached hydrogens (primary N) is 1. The summed E-state index contributed by atoms with van der Waals surface area (Å²) in [6.45, 7) is 1.54. The van der Waals surface area contributed by atoms with E-state index in [0.717, 1.165) is 12.1 Å². The molecule has 11 heavy (non-hydrogen) atoms. The summed E-state index contributed by atoms with van der Waals surface area (Å²) in [7, 11) is 0. The Morgan fingerprint density at radius 3 is 2.55 bits per heavy atom. The first-order valence-electron chi connectivity index (χ1n) is 3.29. The molecule has 3 heteroatoms. The van der Waals surface area contributed by atoms with Crippen LogP contribution in [0, 0.1) is 18.6 Å². The smallest absolute Gasteiger partial charge is 0.130 e. The van der Waals surface area contributed by atoms with E-state index in [-0.39, 0.29) is 12.1 Å². The molecule has 2 N–H and O–H groups in total. The Kier molecular flexibility index (Phi) is 2.19. The van der Waals surface area contributed by atoms with Crippen LogP contribution in [0.4, 0.5) is 8.78 Å². The van der Waals surface area contributed by atoms with E-state index in [0.29, 0.717) is 5.56 Å². The minimum Gasteiger partial charge on any atom is -0.326 e. The van der Waals surface area contributed by atoms with Gasteiger partial charge in [-0.05, 0) is 24.6 Å². The van der Waals surface area contributed by atoms with Gasteiger partial charge < -0.3 is 5.73 Å². The van der Waals surface area contributed by atoms with Crippen LogP contribution < -0.4 is 5.73 Å². The molecule has 0 bridgehead atoms. The average Bonchev–Trinajstić information content (AvgIpc) is 1.96. The zero-order valence-electron chi connectivity index (χ0n) is 6.20. The van der Waals surface area contributed by atoms with E-state index in [4.69, 9.17) is 5.73 Å². The zero-order valence-corrected chi connectivity index (χ0v) is 6.20. The van der Waals surface area contributed by atoms with E-state index in [1.165, 1.54) is 6.92 Å². The number of halogens is 2. The van der Waals surface area contributed by atoms with Gasteiger partial charge in [-0.15, -0.1) is 0 Å². The second kappa shape index (κ2) is 2.96. The largest absolute Gasteiger partial charge is 0.326 e. The molecule has 0 aliphatic heterocycles. The van der Waals surface area contributed by atoms with Crippen LogP contribution in [0.25, 0.3) is 0 Å². The lowest BCUT2D eigenvalue weighted by Gasteiger charge is -2.02. The molecule has 0 saturated carbocycles. The summed E-state index contributed by atoms with van der Waals surface area (Å²) in [5.74, 6) is -0.849. The van der Waals surface area contributed by atoms with Crippen molar-refractivity contribution in [3.63, 3.8) is 0 Å². The van der Waals surface area contributed by atoms with E-state index in [1.807, 2.05) is 0 Å².